The van der Waals surface area contributed by atoms with Crippen LogP contribution in [0, 0.1) is 47.4 Å². The van der Waals surface area contributed by atoms with E-state index < -0.39 is 11.9 Å². The molecule has 0 radical (unpaired) electrons. The van der Waals surface area contributed by atoms with Crippen molar-refractivity contribution in [3.63, 3.8) is 0 Å². The lowest BCUT2D eigenvalue weighted by atomic mass is 9.84. The van der Waals surface area contributed by atoms with Crippen LogP contribution in [0.4, 0.5) is 0 Å². The van der Waals surface area contributed by atoms with E-state index in [0.29, 0.717) is 17.4 Å². The van der Waals surface area contributed by atoms with Crippen LogP contribution in [0.3, 0.4) is 0 Å². The Balaban J connectivity index is 2.07. The minimum absolute atomic E-state index is 0.00134. The number of terminal acetylenes is 1. The maximum absolute atomic E-state index is 12.5. The van der Waals surface area contributed by atoms with Gasteiger partial charge < -0.3 is 11.1 Å². The molecule has 1 aliphatic rings. The Hall–Kier alpha value is -2.72. The summed E-state index contributed by atoms with van der Waals surface area (Å²) in [6.45, 7) is 8.59. The molecule has 1 fully saturated rings. The summed E-state index contributed by atoms with van der Waals surface area (Å²) in [5.41, 5.74) is 6.95. The molecule has 0 heterocycles. The number of carbonyl (C=O) groups excluding carboxylic acids is 2. The van der Waals surface area contributed by atoms with Crippen molar-refractivity contribution in [2.45, 2.75) is 40.2 Å². The maximum atomic E-state index is 12.5. The number of hydrogen-bond acceptors (Lipinski definition) is 2. The van der Waals surface area contributed by atoms with E-state index in [9.17, 15) is 9.59 Å². The molecule has 1 aliphatic carbocycles. The van der Waals surface area contributed by atoms with Gasteiger partial charge in [0, 0.05) is 11.1 Å². The van der Waals surface area contributed by atoms with Crippen LogP contribution < -0.4 is 11.1 Å². The van der Waals surface area contributed by atoms with Gasteiger partial charge >= 0.3 is 0 Å². The molecular formula is C22H26N2O2. The fourth-order valence-corrected chi connectivity index (χ4v) is 3.54. The third-order valence-electron chi connectivity index (χ3n) is 5.17. The van der Waals surface area contributed by atoms with Gasteiger partial charge in [-0.1, -0.05) is 33.6 Å². The molecule has 1 aromatic carbocycles. The normalized spacial score (nSPS) is 20.7. The number of hydrogen-bond donors (Lipinski definition) is 2. The van der Waals surface area contributed by atoms with E-state index in [4.69, 9.17) is 12.2 Å². The van der Waals surface area contributed by atoms with Crippen molar-refractivity contribution >= 4 is 11.8 Å². The van der Waals surface area contributed by atoms with Crippen LogP contribution in [-0.4, -0.2) is 17.9 Å². The summed E-state index contributed by atoms with van der Waals surface area (Å²) >= 11 is 0. The summed E-state index contributed by atoms with van der Waals surface area (Å²) in [4.78, 5) is 24.5. The second-order valence-electron chi connectivity index (χ2n) is 8.06. The summed E-state index contributed by atoms with van der Waals surface area (Å²) < 4.78 is 0. The first-order chi connectivity index (χ1) is 12.1. The van der Waals surface area contributed by atoms with Gasteiger partial charge in [-0.3, -0.25) is 9.59 Å². The fourth-order valence-electron chi connectivity index (χ4n) is 3.54. The number of rotatable bonds is 5. The highest BCUT2D eigenvalue weighted by molar-refractivity contribution is 5.97. The summed E-state index contributed by atoms with van der Waals surface area (Å²) in [6.07, 6.45) is 6.16. The quantitative estimate of drug-likeness (QED) is 0.801. The van der Waals surface area contributed by atoms with Gasteiger partial charge in [-0.25, -0.2) is 0 Å². The van der Waals surface area contributed by atoms with Crippen molar-refractivity contribution in [2.75, 3.05) is 0 Å². The summed E-state index contributed by atoms with van der Waals surface area (Å²) in [6, 6.07) is 6.08. The molecule has 4 nitrogen and oxygen atoms in total. The van der Waals surface area contributed by atoms with Gasteiger partial charge in [0.15, 0.2) is 0 Å². The fraction of sp³-hybridized carbons (Fsp3) is 0.455. The molecule has 136 valence electrons. The summed E-state index contributed by atoms with van der Waals surface area (Å²) in [5, 5.41) is 2.81. The standard InChI is InChI=1S/C22H26N2O2/c1-6-7-8-15-9-11-16(12-10-15)21(26)24-19(20(23)25)14(2)17-13-18(17)22(3,4)5/h1,9-12,14,17-19H,13H2,2-5H3,(H2,23,25)(H,24,26)/t14?,17-,18?,19?/m0/s1. The molecule has 0 saturated heterocycles. The molecule has 2 rings (SSSR count). The minimum atomic E-state index is -0.680. The van der Waals surface area contributed by atoms with Gasteiger partial charge in [0.05, 0.1) is 0 Å². The van der Waals surface area contributed by atoms with Crippen molar-refractivity contribution < 1.29 is 9.59 Å². The third-order valence-corrected chi connectivity index (χ3v) is 5.17. The van der Waals surface area contributed by atoms with Crippen molar-refractivity contribution in [1.29, 1.82) is 0 Å². The predicted octanol–water partition coefficient (Wildman–Crippen LogP) is 2.57. The Kier molecular flexibility index (Phi) is 5.78. The van der Waals surface area contributed by atoms with Crippen LogP contribution in [-0.2, 0) is 4.79 Å². The van der Waals surface area contributed by atoms with E-state index in [1.54, 1.807) is 24.3 Å². The van der Waals surface area contributed by atoms with E-state index in [0.717, 1.165) is 12.0 Å². The molecule has 3 unspecified atom stereocenters. The average molecular weight is 350 g/mol. The van der Waals surface area contributed by atoms with Crippen LogP contribution in [0.5, 0.6) is 0 Å². The third kappa shape index (κ3) is 4.67. The lowest BCUT2D eigenvalue weighted by Gasteiger charge is -2.25. The van der Waals surface area contributed by atoms with Crippen LogP contribution in [0.25, 0.3) is 0 Å². The maximum Gasteiger partial charge on any atom is 0.251 e. The zero-order chi connectivity index (χ0) is 19.5. The molecule has 2 amide bonds. The first-order valence-corrected chi connectivity index (χ1v) is 8.82. The molecule has 26 heavy (non-hydrogen) atoms. The molecule has 1 saturated carbocycles. The van der Waals surface area contributed by atoms with E-state index in [2.05, 4.69) is 43.8 Å². The molecule has 4 heteroatoms. The summed E-state index contributed by atoms with van der Waals surface area (Å²) in [5.74, 6) is 7.69. The van der Waals surface area contributed by atoms with E-state index in [1.165, 1.54) is 0 Å². The number of benzene rings is 1. The highest BCUT2D eigenvalue weighted by atomic mass is 16.2. The highest BCUT2D eigenvalue weighted by Gasteiger charge is 2.50. The Bertz CT molecular complexity index is 785. The number of amides is 2. The summed E-state index contributed by atoms with van der Waals surface area (Å²) in [7, 11) is 0. The monoisotopic (exact) mass is 350 g/mol. The number of nitrogens with one attached hydrogen (secondary N) is 1. The van der Waals surface area contributed by atoms with Crippen molar-refractivity contribution in [2.24, 2.45) is 28.9 Å². The van der Waals surface area contributed by atoms with Crippen molar-refractivity contribution in [1.82, 2.24) is 5.32 Å². The molecule has 4 atom stereocenters. The molecule has 0 spiro atoms. The topological polar surface area (TPSA) is 72.2 Å². The molecule has 0 aromatic heterocycles. The number of carbonyl (C=O) groups is 2. The van der Waals surface area contributed by atoms with Crippen LogP contribution in [0.1, 0.15) is 50.0 Å². The molecule has 3 N–H and O–H groups in total. The first kappa shape index (κ1) is 19.6. The zero-order valence-electron chi connectivity index (χ0n) is 15.8. The van der Waals surface area contributed by atoms with Gasteiger partial charge in [0.25, 0.3) is 5.91 Å². The SMILES string of the molecule is C#CC#Cc1ccc(C(=O)NC(C(N)=O)C(C)[C@@H]2CC2C(C)(C)C)cc1. The Morgan fingerprint density at radius 2 is 1.88 bits per heavy atom. The van der Waals surface area contributed by atoms with E-state index in [-0.39, 0.29) is 17.2 Å². The van der Waals surface area contributed by atoms with E-state index >= 15 is 0 Å². The molecular weight excluding hydrogens is 324 g/mol. The molecule has 0 bridgehead atoms. The van der Waals surface area contributed by atoms with Crippen LogP contribution >= 0.6 is 0 Å². The largest absolute Gasteiger partial charge is 0.368 e. The molecule has 1 aromatic rings. The van der Waals surface area contributed by atoms with Crippen molar-refractivity contribution in [3.8, 4) is 24.2 Å². The predicted molar refractivity (Wildman–Crippen MR) is 103 cm³/mol. The van der Waals surface area contributed by atoms with Crippen LogP contribution in [0.15, 0.2) is 24.3 Å². The lowest BCUT2D eigenvalue weighted by Crippen LogP contribution is -2.49. The number of primary amides is 1. The minimum Gasteiger partial charge on any atom is -0.368 e. The smallest absolute Gasteiger partial charge is 0.251 e. The van der Waals surface area contributed by atoms with Crippen LogP contribution in [0.2, 0.25) is 0 Å². The Labute approximate surface area is 155 Å². The first-order valence-electron chi connectivity index (χ1n) is 8.82. The molecule has 0 aliphatic heterocycles. The van der Waals surface area contributed by atoms with Gasteiger partial charge in [-0.2, -0.15) is 0 Å². The second kappa shape index (κ2) is 7.67. The lowest BCUT2D eigenvalue weighted by molar-refractivity contribution is -0.121. The highest BCUT2D eigenvalue weighted by Crippen LogP contribution is 2.54. The second-order valence-corrected chi connectivity index (χ2v) is 8.06. The van der Waals surface area contributed by atoms with Crippen molar-refractivity contribution in [3.05, 3.63) is 35.4 Å². The zero-order valence-corrected chi connectivity index (χ0v) is 15.8. The van der Waals surface area contributed by atoms with Gasteiger partial charge in [-0.05, 0) is 65.7 Å². The Morgan fingerprint density at radius 1 is 1.27 bits per heavy atom. The van der Waals surface area contributed by atoms with Gasteiger partial charge in [0.2, 0.25) is 5.91 Å². The average Bonchev–Trinajstić information content (AvgIpc) is 3.38. The number of nitrogens with two attached hydrogens (primary N) is 1. The van der Waals surface area contributed by atoms with E-state index in [1.807, 2.05) is 6.92 Å². The van der Waals surface area contributed by atoms with Gasteiger partial charge in [-0.15, -0.1) is 6.42 Å². The Morgan fingerprint density at radius 3 is 2.35 bits per heavy atom. The van der Waals surface area contributed by atoms with Gasteiger partial charge in [0.1, 0.15) is 6.04 Å².